The van der Waals surface area contributed by atoms with Gasteiger partial charge < -0.3 is 14.9 Å². The topological polar surface area (TPSA) is 89.6 Å². The molecule has 180 valence electrons. The third kappa shape index (κ3) is 4.53. The number of hydrogen-bond donors (Lipinski definition) is 1. The van der Waals surface area contributed by atoms with Crippen LogP contribution >= 0.6 is 0 Å². The van der Waals surface area contributed by atoms with Crippen LogP contribution in [0.3, 0.4) is 0 Å². The van der Waals surface area contributed by atoms with E-state index in [1.165, 1.54) is 0 Å². The molecule has 0 fully saturated rings. The van der Waals surface area contributed by atoms with E-state index in [1.807, 2.05) is 72.9 Å². The summed E-state index contributed by atoms with van der Waals surface area (Å²) in [5.41, 5.74) is 11.9. The average Bonchev–Trinajstić information content (AvgIpc) is 3.23. The van der Waals surface area contributed by atoms with E-state index in [0.29, 0.717) is 30.3 Å². The molecule has 3 aromatic carbocycles. The van der Waals surface area contributed by atoms with E-state index in [-0.39, 0.29) is 11.6 Å². The van der Waals surface area contributed by atoms with Gasteiger partial charge in [0.25, 0.3) is 5.56 Å². The lowest BCUT2D eigenvalue weighted by Gasteiger charge is -2.18. The van der Waals surface area contributed by atoms with Crippen LogP contribution in [-0.2, 0) is 13.1 Å². The maximum absolute atomic E-state index is 13.9. The fraction of sp³-hybridized carbons (Fsp3) is 0.233. The normalized spacial score (nSPS) is 12.3. The lowest BCUT2D eigenvalue weighted by Crippen LogP contribution is -2.34. The maximum Gasteiger partial charge on any atom is 0.277 e. The van der Waals surface area contributed by atoms with Crippen molar-refractivity contribution in [3.63, 3.8) is 0 Å². The van der Waals surface area contributed by atoms with Gasteiger partial charge in [-0.2, -0.15) is 5.26 Å². The molecule has 0 aliphatic heterocycles. The van der Waals surface area contributed by atoms with Gasteiger partial charge in [-0.1, -0.05) is 56.3 Å². The first-order valence-electron chi connectivity index (χ1n) is 12.3. The molecule has 1 unspecified atom stereocenters. The summed E-state index contributed by atoms with van der Waals surface area (Å²) in [5, 5.41) is 10.1. The molecule has 0 saturated carbocycles. The smallest absolute Gasteiger partial charge is 0.277 e. The van der Waals surface area contributed by atoms with Gasteiger partial charge in [-0.25, -0.2) is 4.98 Å². The molecule has 0 amide bonds. The first-order chi connectivity index (χ1) is 17.4. The first kappa shape index (κ1) is 23.5. The Morgan fingerprint density at radius 1 is 0.972 bits per heavy atom. The van der Waals surface area contributed by atoms with E-state index in [4.69, 9.17) is 16.0 Å². The number of para-hydroxylation sites is 3. The van der Waals surface area contributed by atoms with Crippen molar-refractivity contribution in [1.82, 2.24) is 14.1 Å². The van der Waals surface area contributed by atoms with Gasteiger partial charge in [0.1, 0.15) is 5.69 Å². The number of benzene rings is 3. The molecule has 6 heteroatoms. The highest BCUT2D eigenvalue weighted by molar-refractivity contribution is 5.96. The second-order valence-electron chi connectivity index (χ2n) is 9.75. The van der Waals surface area contributed by atoms with E-state index in [9.17, 15) is 4.79 Å². The van der Waals surface area contributed by atoms with E-state index >= 15 is 0 Å². The number of aromatic nitrogens is 3. The number of fused-ring (bicyclic) bond motifs is 2. The van der Waals surface area contributed by atoms with E-state index in [1.54, 1.807) is 4.57 Å². The summed E-state index contributed by atoms with van der Waals surface area (Å²) < 4.78 is 3.93. The first-order valence-corrected chi connectivity index (χ1v) is 12.3. The van der Waals surface area contributed by atoms with Crippen molar-refractivity contribution in [3.05, 3.63) is 100 Å². The molecule has 5 rings (SSSR count). The molecule has 0 saturated heterocycles. The predicted molar refractivity (Wildman–Crippen MR) is 145 cm³/mol. The standard InChI is InChI=1S/C30H29N5O/c1-20(2)15-23(32)18-35-28-10-6-4-8-26(28)33-29(30(35)36)25-19-34(27-9-5-3-7-24(25)27)17-22-13-11-21(16-31)12-14-22/h3-14,19-20,23H,15,17-18,32H2,1-2H3. The van der Waals surface area contributed by atoms with Gasteiger partial charge in [-0.3, -0.25) is 4.79 Å². The summed E-state index contributed by atoms with van der Waals surface area (Å²) in [4.78, 5) is 18.7. The largest absolute Gasteiger partial charge is 0.342 e. The van der Waals surface area contributed by atoms with Gasteiger partial charge in [0.05, 0.1) is 22.7 Å². The molecule has 0 radical (unpaired) electrons. The Labute approximate surface area is 210 Å². The average molecular weight is 476 g/mol. The van der Waals surface area contributed by atoms with Gasteiger partial charge in [-0.15, -0.1) is 0 Å². The van der Waals surface area contributed by atoms with Crippen molar-refractivity contribution in [2.75, 3.05) is 0 Å². The molecule has 0 aliphatic rings. The van der Waals surface area contributed by atoms with Crippen molar-refractivity contribution in [2.45, 2.75) is 39.4 Å². The van der Waals surface area contributed by atoms with Gasteiger partial charge in [0.15, 0.2) is 0 Å². The third-order valence-electron chi connectivity index (χ3n) is 6.52. The van der Waals surface area contributed by atoms with Crippen molar-refractivity contribution in [3.8, 4) is 17.3 Å². The molecule has 0 aliphatic carbocycles. The van der Waals surface area contributed by atoms with Gasteiger partial charge in [0, 0.05) is 41.8 Å². The zero-order valence-electron chi connectivity index (χ0n) is 20.6. The number of nitrogens with two attached hydrogens (primary N) is 1. The molecule has 0 bridgehead atoms. The minimum atomic E-state index is -0.130. The summed E-state index contributed by atoms with van der Waals surface area (Å²) in [7, 11) is 0. The zero-order valence-corrected chi connectivity index (χ0v) is 20.6. The molecular formula is C30H29N5O. The summed E-state index contributed by atoms with van der Waals surface area (Å²) in [6.07, 6.45) is 2.85. The second kappa shape index (κ2) is 9.80. The highest BCUT2D eigenvalue weighted by Crippen LogP contribution is 2.29. The molecule has 36 heavy (non-hydrogen) atoms. The Morgan fingerprint density at radius 2 is 1.67 bits per heavy atom. The molecule has 2 N–H and O–H groups in total. The Hall–Kier alpha value is -4.21. The van der Waals surface area contributed by atoms with Gasteiger partial charge in [0.2, 0.25) is 0 Å². The predicted octanol–water partition coefficient (Wildman–Crippen LogP) is 5.31. The van der Waals surface area contributed by atoms with Crippen molar-refractivity contribution < 1.29 is 0 Å². The highest BCUT2D eigenvalue weighted by atomic mass is 16.1. The molecule has 0 spiro atoms. The Bertz CT molecular complexity index is 1640. The number of hydrogen-bond acceptors (Lipinski definition) is 4. The minimum Gasteiger partial charge on any atom is -0.342 e. The quantitative estimate of drug-likeness (QED) is 0.345. The summed E-state index contributed by atoms with van der Waals surface area (Å²) in [5.74, 6) is 0.448. The molecule has 5 aromatic rings. The lowest BCUT2D eigenvalue weighted by atomic mass is 10.0. The fourth-order valence-electron chi connectivity index (χ4n) is 4.91. The number of nitriles is 1. The molecule has 2 aromatic heterocycles. The Morgan fingerprint density at radius 3 is 2.39 bits per heavy atom. The van der Waals surface area contributed by atoms with Crippen molar-refractivity contribution >= 4 is 21.9 Å². The van der Waals surface area contributed by atoms with E-state index < -0.39 is 0 Å². The van der Waals surface area contributed by atoms with Crippen LogP contribution in [0.25, 0.3) is 33.2 Å². The summed E-state index contributed by atoms with van der Waals surface area (Å²) in [6, 6.07) is 25.4. The van der Waals surface area contributed by atoms with Crippen LogP contribution in [0.5, 0.6) is 0 Å². The zero-order chi connectivity index (χ0) is 25.2. The second-order valence-corrected chi connectivity index (χ2v) is 9.75. The molecular weight excluding hydrogens is 446 g/mol. The minimum absolute atomic E-state index is 0.126. The van der Waals surface area contributed by atoms with E-state index in [2.05, 4.69) is 30.6 Å². The lowest BCUT2D eigenvalue weighted by molar-refractivity contribution is 0.447. The van der Waals surface area contributed by atoms with Crippen LogP contribution in [0.4, 0.5) is 0 Å². The van der Waals surface area contributed by atoms with Crippen LogP contribution in [0.2, 0.25) is 0 Å². The maximum atomic E-state index is 13.9. The van der Waals surface area contributed by atoms with Crippen LogP contribution in [0, 0.1) is 17.2 Å². The van der Waals surface area contributed by atoms with E-state index in [0.717, 1.165) is 39.5 Å². The van der Waals surface area contributed by atoms with Gasteiger partial charge >= 0.3 is 0 Å². The van der Waals surface area contributed by atoms with Crippen LogP contribution in [-0.4, -0.2) is 20.2 Å². The molecule has 1 atom stereocenters. The SMILES string of the molecule is CC(C)CC(N)Cn1c(=O)c(-c2cn(Cc3ccc(C#N)cc3)c3ccccc23)nc2ccccc21. The van der Waals surface area contributed by atoms with Crippen molar-refractivity contribution in [2.24, 2.45) is 11.7 Å². The van der Waals surface area contributed by atoms with Crippen LogP contribution in [0.1, 0.15) is 31.4 Å². The van der Waals surface area contributed by atoms with Gasteiger partial charge in [-0.05, 0) is 48.2 Å². The number of rotatable bonds is 7. The summed E-state index contributed by atoms with van der Waals surface area (Å²) >= 11 is 0. The molecule has 2 heterocycles. The molecule has 6 nitrogen and oxygen atoms in total. The number of nitrogens with zero attached hydrogens (tertiary/aromatic N) is 4. The Kier molecular flexibility index (Phi) is 6.41. The summed E-state index contributed by atoms with van der Waals surface area (Å²) in [6.45, 7) is 5.34. The third-order valence-corrected chi connectivity index (χ3v) is 6.52. The van der Waals surface area contributed by atoms with Crippen LogP contribution < -0.4 is 11.3 Å². The van der Waals surface area contributed by atoms with Crippen molar-refractivity contribution in [1.29, 1.82) is 5.26 Å². The van der Waals surface area contributed by atoms with Crippen LogP contribution in [0.15, 0.2) is 83.8 Å². The monoisotopic (exact) mass is 475 g/mol. The highest BCUT2D eigenvalue weighted by Gasteiger charge is 2.19. The Balaban J connectivity index is 1.65. The fourth-order valence-corrected chi connectivity index (χ4v) is 4.91.